The Labute approximate surface area is 336 Å². The summed E-state index contributed by atoms with van der Waals surface area (Å²) in [6.07, 6.45) is -10.6. The highest BCUT2D eigenvalue weighted by molar-refractivity contribution is 5.76. The van der Waals surface area contributed by atoms with Gasteiger partial charge in [-0.3, -0.25) is 23.9 Å². The molecule has 0 spiro atoms. The Kier molecular flexibility index (Phi) is 18.7. The molecule has 4 heterocycles. The van der Waals surface area contributed by atoms with Gasteiger partial charge in [0.2, 0.25) is 11.8 Å². The minimum Gasteiger partial charge on any atom is -0.394 e. The molecule has 58 heavy (non-hydrogen) atoms. The molecule has 0 bridgehead atoms. The number of ether oxygens (including phenoxy) is 4. The number of hydrogen-bond acceptors (Lipinski definition) is 16. The third-order valence-electron chi connectivity index (χ3n) is 11.0. The van der Waals surface area contributed by atoms with E-state index in [1.165, 1.54) is 25.7 Å². The molecule has 11 N–H and O–H groups in total. The third kappa shape index (κ3) is 12.8. The lowest BCUT2D eigenvalue weighted by molar-refractivity contribution is -0.347. The zero-order valence-corrected chi connectivity index (χ0v) is 33.4. The van der Waals surface area contributed by atoms with Gasteiger partial charge < -0.3 is 70.4 Å². The average molecular weight is 833 g/mol. The Hall–Kier alpha value is -2.86. The molecule has 332 valence electrons. The van der Waals surface area contributed by atoms with Gasteiger partial charge in [-0.05, 0) is 12.3 Å². The summed E-state index contributed by atoms with van der Waals surface area (Å²) in [5.41, 5.74) is -1.68. The van der Waals surface area contributed by atoms with Crippen molar-refractivity contribution in [3.05, 3.63) is 33.1 Å². The van der Waals surface area contributed by atoms with Crippen LogP contribution < -0.4 is 21.9 Å². The number of aromatic nitrogens is 2. The standard InChI is InChI=1S/C38H64N4O16/c1-19(2)13-11-9-7-5-4-6-8-10-12-14-24(46)40-27-31(51)28(48)22(55-37(27)58-36-26(39-20(3)44)30(50)29(49)23(18-43)56-36)17-21(45)34-32(52)33(53)35(57-34)42-16-15-25(47)41-38(42)54/h15-16,19,21-23,26-37,43,45,48-53H,4-14,17-18H2,1-3H3,(H,39,44)(H,40,46)(H,41,47,54)/t21-,22?,23?,26?,27?,28?,29?,30?,31?,32?,33?,34?,35?,36?,37?/m1/s1. The van der Waals surface area contributed by atoms with E-state index in [1.54, 1.807) is 0 Å². The summed E-state index contributed by atoms with van der Waals surface area (Å²) in [4.78, 5) is 51.2. The van der Waals surface area contributed by atoms with Crippen LogP contribution in [-0.4, -0.2) is 155 Å². The number of carbonyl (C=O) groups excluding carboxylic acids is 2. The smallest absolute Gasteiger partial charge is 0.330 e. The number of rotatable bonds is 21. The van der Waals surface area contributed by atoms with Gasteiger partial charge in [0.1, 0.15) is 60.9 Å². The van der Waals surface area contributed by atoms with E-state index in [9.17, 15) is 60.0 Å². The lowest BCUT2D eigenvalue weighted by atomic mass is 9.91. The van der Waals surface area contributed by atoms with Gasteiger partial charge in [-0.25, -0.2) is 4.79 Å². The lowest BCUT2D eigenvalue weighted by Gasteiger charge is -2.47. The molecular formula is C38H64N4O16. The van der Waals surface area contributed by atoms with Crippen molar-refractivity contribution in [2.75, 3.05) is 6.61 Å². The maximum absolute atomic E-state index is 13.2. The number of aromatic amines is 1. The highest BCUT2D eigenvalue weighted by Gasteiger charge is 2.53. The number of nitrogens with one attached hydrogen (secondary N) is 3. The van der Waals surface area contributed by atoms with Crippen molar-refractivity contribution in [2.45, 2.75) is 190 Å². The zero-order valence-electron chi connectivity index (χ0n) is 33.4. The van der Waals surface area contributed by atoms with E-state index in [-0.39, 0.29) is 6.42 Å². The first-order valence-electron chi connectivity index (χ1n) is 20.4. The summed E-state index contributed by atoms with van der Waals surface area (Å²) in [5, 5.41) is 91.5. The molecule has 0 aromatic carbocycles. The molecule has 0 radical (unpaired) electrons. The first kappa shape index (κ1) is 47.8. The minimum atomic E-state index is -1.82. The normalized spacial score (nSPS) is 34.6. The van der Waals surface area contributed by atoms with Crippen LogP contribution in [0.2, 0.25) is 0 Å². The van der Waals surface area contributed by atoms with Gasteiger partial charge in [-0.15, -0.1) is 0 Å². The molecule has 14 unspecified atom stereocenters. The largest absolute Gasteiger partial charge is 0.394 e. The van der Waals surface area contributed by atoms with Crippen molar-refractivity contribution in [1.29, 1.82) is 0 Å². The summed E-state index contributed by atoms with van der Waals surface area (Å²) in [5.74, 6) is -0.444. The van der Waals surface area contributed by atoms with E-state index in [0.29, 0.717) is 12.3 Å². The van der Waals surface area contributed by atoms with E-state index >= 15 is 0 Å². The fraction of sp³-hybridized carbons (Fsp3) is 0.842. The molecular weight excluding hydrogens is 768 g/mol. The van der Waals surface area contributed by atoms with Crippen molar-refractivity contribution in [1.82, 2.24) is 20.2 Å². The molecule has 0 saturated carbocycles. The van der Waals surface area contributed by atoms with Crippen LogP contribution in [0.4, 0.5) is 0 Å². The van der Waals surface area contributed by atoms with E-state index in [0.717, 1.165) is 55.9 Å². The predicted octanol–water partition coefficient (Wildman–Crippen LogP) is -2.25. The van der Waals surface area contributed by atoms with Crippen molar-refractivity contribution in [3.63, 3.8) is 0 Å². The second-order valence-corrected chi connectivity index (χ2v) is 16.1. The predicted molar refractivity (Wildman–Crippen MR) is 203 cm³/mol. The molecule has 0 aliphatic carbocycles. The number of aliphatic hydroxyl groups is 8. The van der Waals surface area contributed by atoms with Gasteiger partial charge in [0.25, 0.3) is 5.56 Å². The second-order valence-electron chi connectivity index (χ2n) is 16.1. The van der Waals surface area contributed by atoms with E-state index in [1.807, 2.05) is 4.98 Å². The van der Waals surface area contributed by atoms with Crippen LogP contribution in [0, 0.1) is 5.92 Å². The lowest BCUT2D eigenvalue weighted by Crippen LogP contribution is -2.69. The Morgan fingerprint density at radius 1 is 0.776 bits per heavy atom. The number of unbranched alkanes of at least 4 members (excludes halogenated alkanes) is 8. The molecule has 3 aliphatic heterocycles. The maximum atomic E-state index is 13.2. The Bertz CT molecular complexity index is 1550. The fourth-order valence-corrected chi connectivity index (χ4v) is 7.68. The summed E-state index contributed by atoms with van der Waals surface area (Å²) in [7, 11) is 0. The summed E-state index contributed by atoms with van der Waals surface area (Å²) < 4.78 is 24.2. The first-order valence-corrected chi connectivity index (χ1v) is 20.4. The highest BCUT2D eigenvalue weighted by Crippen LogP contribution is 2.34. The van der Waals surface area contributed by atoms with Gasteiger partial charge >= 0.3 is 5.69 Å². The van der Waals surface area contributed by atoms with Crippen molar-refractivity contribution < 1.29 is 69.4 Å². The molecule has 3 aliphatic rings. The Balaban J connectivity index is 1.44. The number of aliphatic hydroxyl groups excluding tert-OH is 8. The minimum absolute atomic E-state index is 0.0636. The monoisotopic (exact) mass is 832 g/mol. The summed E-state index contributed by atoms with van der Waals surface area (Å²) in [6.45, 7) is 4.81. The van der Waals surface area contributed by atoms with Gasteiger partial charge in [0, 0.05) is 32.0 Å². The highest BCUT2D eigenvalue weighted by atomic mass is 16.8. The molecule has 3 fully saturated rings. The summed E-state index contributed by atoms with van der Waals surface area (Å²) in [6, 6.07) is -1.94. The van der Waals surface area contributed by atoms with Gasteiger partial charge in [0.05, 0.1) is 18.8 Å². The Morgan fingerprint density at radius 2 is 1.33 bits per heavy atom. The fourth-order valence-electron chi connectivity index (χ4n) is 7.68. The molecule has 20 nitrogen and oxygen atoms in total. The molecule has 15 atom stereocenters. The van der Waals surface area contributed by atoms with Crippen LogP contribution in [0.25, 0.3) is 0 Å². The maximum Gasteiger partial charge on any atom is 0.330 e. The molecule has 2 amide bonds. The third-order valence-corrected chi connectivity index (χ3v) is 11.0. The van der Waals surface area contributed by atoms with Crippen LogP contribution in [0.3, 0.4) is 0 Å². The number of hydrogen-bond donors (Lipinski definition) is 11. The van der Waals surface area contributed by atoms with Gasteiger partial charge in [0.15, 0.2) is 18.8 Å². The second kappa shape index (κ2) is 22.7. The van der Waals surface area contributed by atoms with Gasteiger partial charge in [-0.2, -0.15) is 0 Å². The average Bonchev–Trinajstić information content (AvgIpc) is 3.46. The van der Waals surface area contributed by atoms with E-state index in [4.69, 9.17) is 18.9 Å². The van der Waals surface area contributed by atoms with Crippen molar-refractivity contribution in [3.8, 4) is 0 Å². The van der Waals surface area contributed by atoms with Crippen molar-refractivity contribution in [2.24, 2.45) is 5.92 Å². The van der Waals surface area contributed by atoms with Crippen molar-refractivity contribution >= 4 is 11.8 Å². The zero-order chi connectivity index (χ0) is 42.7. The van der Waals surface area contributed by atoms with Crippen LogP contribution in [0.1, 0.15) is 104 Å². The molecule has 1 aromatic rings. The van der Waals surface area contributed by atoms with Crippen LogP contribution in [0.15, 0.2) is 21.9 Å². The molecule has 1 aromatic heterocycles. The van der Waals surface area contributed by atoms with Crippen LogP contribution in [-0.2, 0) is 28.5 Å². The van der Waals surface area contributed by atoms with Crippen LogP contribution >= 0.6 is 0 Å². The SMILES string of the molecule is CC(=O)NC1C(OC2OC(C[C@@H](O)C3OC(n4ccc(=O)[nH]c4=O)C(O)C3O)C(O)C(O)C2NC(=O)CCCCCCCCCCCC(C)C)OC(CO)C(O)C1O. The van der Waals surface area contributed by atoms with Gasteiger partial charge in [-0.1, -0.05) is 71.6 Å². The quantitative estimate of drug-likeness (QED) is 0.0583. The molecule has 4 rings (SSSR count). The molecule has 20 heteroatoms. The molecule has 3 saturated heterocycles. The number of amides is 2. The van der Waals surface area contributed by atoms with E-state index < -0.39 is 128 Å². The van der Waals surface area contributed by atoms with Crippen LogP contribution in [0.5, 0.6) is 0 Å². The first-order chi connectivity index (χ1) is 27.5. The number of nitrogens with zero attached hydrogens (tertiary/aromatic N) is 1. The Morgan fingerprint density at radius 3 is 1.90 bits per heavy atom. The number of carbonyl (C=O) groups is 2. The van der Waals surface area contributed by atoms with E-state index in [2.05, 4.69) is 24.5 Å². The number of H-pyrrole nitrogens is 1. The summed E-state index contributed by atoms with van der Waals surface area (Å²) >= 11 is 0. The topological polar surface area (TPSA) is 312 Å².